The molecule has 4 aromatic rings. The molecule has 0 aliphatic heterocycles. The van der Waals surface area contributed by atoms with Crippen molar-refractivity contribution in [3.05, 3.63) is 77.4 Å². The van der Waals surface area contributed by atoms with Gasteiger partial charge in [-0.3, -0.25) is 25.0 Å². The number of aryl methyl sites for hydroxylation is 1. The molecule has 0 fully saturated rings. The summed E-state index contributed by atoms with van der Waals surface area (Å²) in [7, 11) is 1.36. The van der Waals surface area contributed by atoms with Gasteiger partial charge in [0.2, 0.25) is 5.75 Å². The Morgan fingerprint density at radius 1 is 1.18 bits per heavy atom. The molecule has 1 amide bonds. The van der Waals surface area contributed by atoms with Gasteiger partial charge in [-0.15, -0.1) is 11.3 Å². The number of methoxy groups -OCH3 is 1. The molecule has 0 saturated heterocycles. The zero-order valence-corrected chi connectivity index (χ0v) is 21.9. The lowest BCUT2D eigenvalue weighted by molar-refractivity contribution is -0.394. The number of hydrogen-bond acceptors (Lipinski definition) is 12. The van der Waals surface area contributed by atoms with E-state index in [1.54, 1.807) is 13.0 Å². The summed E-state index contributed by atoms with van der Waals surface area (Å²) < 4.78 is 11.4. The zero-order chi connectivity index (χ0) is 27.6. The Morgan fingerprint density at radius 2 is 1.95 bits per heavy atom. The molecule has 0 bridgehead atoms. The highest BCUT2D eigenvalue weighted by atomic mass is 79.9. The average molecular weight is 602 g/mol. The van der Waals surface area contributed by atoms with E-state index in [1.165, 1.54) is 25.7 Å². The Balaban J connectivity index is 1.56. The summed E-state index contributed by atoms with van der Waals surface area (Å²) in [4.78, 5) is 42.6. The van der Waals surface area contributed by atoms with Gasteiger partial charge in [0.05, 0.1) is 44.0 Å². The molecule has 0 aliphatic rings. The van der Waals surface area contributed by atoms with E-state index in [0.29, 0.717) is 30.7 Å². The molecule has 0 spiro atoms. The summed E-state index contributed by atoms with van der Waals surface area (Å²) in [6.07, 6.45) is 2.69. The van der Waals surface area contributed by atoms with Crippen LogP contribution in [0, 0.1) is 27.2 Å². The van der Waals surface area contributed by atoms with Crippen molar-refractivity contribution in [3.8, 4) is 17.2 Å². The fourth-order valence-electron chi connectivity index (χ4n) is 3.40. The minimum Gasteiger partial charge on any atom is -0.493 e. The van der Waals surface area contributed by atoms with Crippen LogP contribution >= 0.6 is 27.3 Å². The van der Waals surface area contributed by atoms with Gasteiger partial charge in [0.1, 0.15) is 17.0 Å². The van der Waals surface area contributed by atoms with Gasteiger partial charge in [0, 0.05) is 6.07 Å². The molecule has 14 nitrogen and oxygen atoms in total. The Labute approximate surface area is 225 Å². The van der Waals surface area contributed by atoms with E-state index < -0.39 is 27.1 Å². The molecule has 0 radical (unpaired) electrons. The van der Waals surface area contributed by atoms with Gasteiger partial charge >= 0.3 is 5.69 Å². The predicted molar refractivity (Wildman–Crippen MR) is 142 cm³/mol. The van der Waals surface area contributed by atoms with Crippen LogP contribution in [-0.4, -0.2) is 39.0 Å². The zero-order valence-electron chi connectivity index (χ0n) is 19.5. The number of amides is 1. The summed E-state index contributed by atoms with van der Waals surface area (Å²) >= 11 is 4.50. The number of benzene rings is 2. The number of nitrogens with two attached hydrogens (primary N) is 1. The molecule has 16 heteroatoms. The third-order valence-electron chi connectivity index (χ3n) is 5.16. The number of nitro groups is 2. The number of halogens is 1. The summed E-state index contributed by atoms with van der Waals surface area (Å²) in [5.41, 5.74) is 8.43. The summed E-state index contributed by atoms with van der Waals surface area (Å²) in [5, 5.41) is 27.0. The SMILES string of the molecule is COc1cc(/C=N\NC(=O)c2sc3ncnc(N)c3c2C)cc(Br)c1Oc1ccc([N+](=O)[O-])cc1[N+](=O)[O-]. The largest absolute Gasteiger partial charge is 0.493 e. The predicted octanol–water partition coefficient (Wildman–Crippen LogP) is 4.73. The van der Waals surface area contributed by atoms with E-state index >= 15 is 0 Å². The number of carbonyl (C=O) groups is 1. The molecular weight excluding hydrogens is 586 g/mol. The van der Waals surface area contributed by atoms with E-state index in [-0.39, 0.29) is 23.1 Å². The fourth-order valence-corrected chi connectivity index (χ4v) is 4.99. The Morgan fingerprint density at radius 3 is 2.61 bits per heavy atom. The first-order chi connectivity index (χ1) is 18.1. The first-order valence-electron chi connectivity index (χ1n) is 10.4. The number of carbonyl (C=O) groups excluding carboxylic acids is 1. The number of aromatic nitrogens is 2. The van der Waals surface area contributed by atoms with Gasteiger partial charge in [0.15, 0.2) is 11.5 Å². The molecule has 194 valence electrons. The van der Waals surface area contributed by atoms with Gasteiger partial charge < -0.3 is 15.2 Å². The maximum atomic E-state index is 12.7. The molecule has 2 aromatic carbocycles. The normalized spacial score (nSPS) is 11.0. The third kappa shape index (κ3) is 5.21. The van der Waals surface area contributed by atoms with Gasteiger partial charge in [-0.1, -0.05) is 0 Å². The van der Waals surface area contributed by atoms with E-state index in [9.17, 15) is 25.0 Å². The van der Waals surface area contributed by atoms with Crippen LogP contribution in [0.2, 0.25) is 0 Å². The first-order valence-corrected chi connectivity index (χ1v) is 12.0. The van der Waals surface area contributed by atoms with Crippen molar-refractivity contribution in [2.75, 3.05) is 12.8 Å². The molecule has 0 saturated carbocycles. The van der Waals surface area contributed by atoms with Crippen LogP contribution in [0.25, 0.3) is 10.2 Å². The van der Waals surface area contributed by atoms with Crippen molar-refractivity contribution in [1.82, 2.24) is 15.4 Å². The van der Waals surface area contributed by atoms with Crippen LogP contribution in [-0.2, 0) is 0 Å². The number of nitrogens with one attached hydrogen (secondary N) is 1. The highest BCUT2D eigenvalue weighted by Gasteiger charge is 2.23. The molecule has 0 atom stereocenters. The molecule has 2 heterocycles. The van der Waals surface area contributed by atoms with Gasteiger partial charge in [-0.2, -0.15) is 5.10 Å². The number of thiophene rings is 1. The van der Waals surface area contributed by atoms with Crippen molar-refractivity contribution in [1.29, 1.82) is 0 Å². The van der Waals surface area contributed by atoms with E-state index in [4.69, 9.17) is 15.2 Å². The Hall–Kier alpha value is -4.70. The van der Waals surface area contributed by atoms with E-state index in [0.717, 1.165) is 29.5 Å². The van der Waals surface area contributed by atoms with E-state index in [1.807, 2.05) is 0 Å². The van der Waals surface area contributed by atoms with Crippen molar-refractivity contribution >= 4 is 66.8 Å². The van der Waals surface area contributed by atoms with E-state index in [2.05, 4.69) is 36.4 Å². The highest BCUT2D eigenvalue weighted by molar-refractivity contribution is 9.10. The quantitative estimate of drug-likeness (QED) is 0.162. The standard InChI is InChI=1S/C22H16BrN7O7S/c1-10-17-20(24)25-9-26-22(17)38-19(10)21(31)28-27-8-11-5-13(23)18(16(6-11)36-2)37-15-4-3-12(29(32)33)7-14(15)30(34)35/h3-9H,1-2H3,(H,28,31)(H2,24,25,26)/b27-8-. The number of hydrazone groups is 1. The lowest BCUT2D eigenvalue weighted by Gasteiger charge is -2.13. The van der Waals surface area contributed by atoms with Crippen LogP contribution in [0.5, 0.6) is 17.2 Å². The average Bonchev–Trinajstić information content (AvgIpc) is 3.22. The van der Waals surface area contributed by atoms with Crippen LogP contribution in [0.4, 0.5) is 17.2 Å². The highest BCUT2D eigenvalue weighted by Crippen LogP contribution is 2.42. The van der Waals surface area contributed by atoms with Crippen LogP contribution in [0.1, 0.15) is 20.8 Å². The number of non-ortho nitro benzene ring substituents is 1. The second-order valence-corrected chi connectivity index (χ2v) is 9.35. The smallest absolute Gasteiger partial charge is 0.318 e. The number of hydrogen-bond donors (Lipinski definition) is 2. The summed E-state index contributed by atoms with van der Waals surface area (Å²) in [6.45, 7) is 1.74. The third-order valence-corrected chi connectivity index (χ3v) is 6.94. The minimum atomic E-state index is -0.786. The summed E-state index contributed by atoms with van der Waals surface area (Å²) in [5.74, 6) is -0.140. The first kappa shape index (κ1) is 26.4. The number of rotatable bonds is 8. The molecular formula is C22H16BrN7O7S. The van der Waals surface area contributed by atoms with Gasteiger partial charge in [-0.25, -0.2) is 15.4 Å². The van der Waals surface area contributed by atoms with Crippen molar-refractivity contribution in [2.45, 2.75) is 6.92 Å². The Bertz CT molecular complexity index is 1640. The van der Waals surface area contributed by atoms with Crippen LogP contribution < -0.4 is 20.6 Å². The van der Waals surface area contributed by atoms with Gasteiger partial charge in [0.25, 0.3) is 11.6 Å². The maximum Gasteiger partial charge on any atom is 0.318 e. The molecule has 3 N–H and O–H groups in total. The number of nitrogens with zero attached hydrogens (tertiary/aromatic N) is 5. The number of ether oxygens (including phenoxy) is 2. The second kappa shape index (κ2) is 10.7. The number of anilines is 1. The topological polar surface area (TPSA) is 198 Å². The minimum absolute atomic E-state index is 0.0882. The molecule has 0 aliphatic carbocycles. The number of nitrogen functional groups attached to an aromatic ring is 1. The van der Waals surface area contributed by atoms with Crippen molar-refractivity contribution < 1.29 is 24.1 Å². The van der Waals surface area contributed by atoms with Gasteiger partial charge in [-0.05, 0) is 52.2 Å². The molecule has 4 rings (SSSR count). The molecule has 38 heavy (non-hydrogen) atoms. The lowest BCUT2D eigenvalue weighted by atomic mass is 10.2. The number of nitro benzene ring substituents is 2. The molecule has 0 unspecified atom stereocenters. The van der Waals surface area contributed by atoms with Crippen molar-refractivity contribution in [3.63, 3.8) is 0 Å². The van der Waals surface area contributed by atoms with Crippen LogP contribution in [0.3, 0.4) is 0 Å². The monoisotopic (exact) mass is 601 g/mol. The van der Waals surface area contributed by atoms with Crippen molar-refractivity contribution in [2.24, 2.45) is 5.10 Å². The number of fused-ring (bicyclic) bond motifs is 1. The van der Waals surface area contributed by atoms with Crippen LogP contribution in [0.15, 0.2) is 46.2 Å². The fraction of sp³-hybridized carbons (Fsp3) is 0.0909. The maximum absolute atomic E-state index is 12.7. The lowest BCUT2D eigenvalue weighted by Crippen LogP contribution is -2.17. The molecule has 2 aromatic heterocycles. The summed E-state index contributed by atoms with van der Waals surface area (Å²) in [6, 6.07) is 6.12. The Kier molecular flexibility index (Phi) is 7.45. The second-order valence-electron chi connectivity index (χ2n) is 7.50.